The third kappa shape index (κ3) is 3.14. The van der Waals surface area contributed by atoms with Crippen LogP contribution in [0.3, 0.4) is 0 Å². The van der Waals surface area contributed by atoms with Crippen molar-refractivity contribution >= 4 is 23.0 Å². The number of carbonyl (C=O) groups is 1. The first-order valence-corrected chi connectivity index (χ1v) is 6.09. The van der Waals surface area contributed by atoms with Crippen molar-refractivity contribution in [2.24, 2.45) is 0 Å². The lowest BCUT2D eigenvalue weighted by molar-refractivity contribution is -0.387. The van der Waals surface area contributed by atoms with Crippen molar-refractivity contribution < 1.29 is 18.8 Å². The van der Waals surface area contributed by atoms with E-state index in [0.29, 0.717) is 0 Å². The summed E-state index contributed by atoms with van der Waals surface area (Å²) in [5, 5.41) is 12.3. The molecule has 0 radical (unpaired) electrons. The zero-order chi connectivity index (χ0) is 13.8. The smallest absolute Gasteiger partial charge is 0.338 e. The second kappa shape index (κ2) is 5.57. The molecule has 5 nitrogen and oxygen atoms in total. The van der Waals surface area contributed by atoms with Crippen molar-refractivity contribution in [3.05, 3.63) is 62.1 Å². The van der Waals surface area contributed by atoms with Gasteiger partial charge in [-0.1, -0.05) is 6.07 Å². The number of nitro benzene ring substituents is 1. The Bertz CT molecular complexity index is 612. The molecule has 0 N–H and O–H groups in total. The van der Waals surface area contributed by atoms with Gasteiger partial charge in [0.05, 0.1) is 10.5 Å². The molecule has 0 spiro atoms. The third-order valence-electron chi connectivity index (χ3n) is 2.31. The van der Waals surface area contributed by atoms with Gasteiger partial charge in [0.1, 0.15) is 6.61 Å². The van der Waals surface area contributed by atoms with Gasteiger partial charge in [0.2, 0.25) is 5.82 Å². The number of thiophene rings is 1. The van der Waals surface area contributed by atoms with Crippen molar-refractivity contribution in [1.29, 1.82) is 0 Å². The number of ether oxygens (including phenoxy) is 1. The van der Waals surface area contributed by atoms with E-state index in [1.165, 1.54) is 11.3 Å². The molecule has 0 atom stereocenters. The zero-order valence-corrected chi connectivity index (χ0v) is 10.4. The summed E-state index contributed by atoms with van der Waals surface area (Å²) in [7, 11) is 0. The van der Waals surface area contributed by atoms with Gasteiger partial charge in [0.25, 0.3) is 0 Å². The Balaban J connectivity index is 2.07. The van der Waals surface area contributed by atoms with E-state index >= 15 is 0 Å². The Morgan fingerprint density at radius 3 is 2.79 bits per heavy atom. The van der Waals surface area contributed by atoms with Crippen LogP contribution in [0.1, 0.15) is 15.2 Å². The molecule has 0 aliphatic carbocycles. The van der Waals surface area contributed by atoms with Crippen LogP contribution in [0.2, 0.25) is 0 Å². The van der Waals surface area contributed by atoms with Gasteiger partial charge in [0, 0.05) is 10.9 Å². The fourth-order valence-corrected chi connectivity index (χ4v) is 2.01. The lowest BCUT2D eigenvalue weighted by atomic mass is 10.2. The molecule has 0 saturated carbocycles. The Hall–Kier alpha value is -2.28. The molecule has 0 fully saturated rings. The quantitative estimate of drug-likeness (QED) is 0.490. The molecule has 19 heavy (non-hydrogen) atoms. The highest BCUT2D eigenvalue weighted by Gasteiger charge is 2.17. The SMILES string of the molecule is O=C(OCc1cccs1)c1ccc([N+](=O)[O-])c(F)c1. The number of esters is 1. The maximum Gasteiger partial charge on any atom is 0.338 e. The average Bonchev–Trinajstić information content (AvgIpc) is 2.88. The van der Waals surface area contributed by atoms with E-state index in [1.54, 1.807) is 6.07 Å². The molecule has 1 aromatic heterocycles. The van der Waals surface area contributed by atoms with Gasteiger partial charge in [0.15, 0.2) is 0 Å². The van der Waals surface area contributed by atoms with Gasteiger partial charge in [-0.05, 0) is 23.6 Å². The van der Waals surface area contributed by atoms with Crippen LogP contribution in [-0.2, 0) is 11.3 Å². The number of benzene rings is 1. The van der Waals surface area contributed by atoms with Crippen molar-refractivity contribution in [2.75, 3.05) is 0 Å². The van der Waals surface area contributed by atoms with Crippen molar-refractivity contribution in [3.8, 4) is 0 Å². The van der Waals surface area contributed by atoms with Gasteiger partial charge in [-0.2, -0.15) is 4.39 Å². The molecule has 2 rings (SSSR count). The first-order valence-electron chi connectivity index (χ1n) is 5.21. The monoisotopic (exact) mass is 281 g/mol. The summed E-state index contributed by atoms with van der Waals surface area (Å²) >= 11 is 1.43. The predicted molar refractivity (Wildman–Crippen MR) is 66.5 cm³/mol. The lowest BCUT2D eigenvalue weighted by Gasteiger charge is -2.03. The molecule has 1 aromatic carbocycles. The van der Waals surface area contributed by atoms with Crippen LogP contribution in [-0.4, -0.2) is 10.9 Å². The van der Waals surface area contributed by atoms with Gasteiger partial charge >= 0.3 is 11.7 Å². The molecule has 7 heteroatoms. The van der Waals surface area contributed by atoms with Crippen LogP contribution in [0.4, 0.5) is 10.1 Å². The lowest BCUT2D eigenvalue weighted by Crippen LogP contribution is -2.05. The summed E-state index contributed by atoms with van der Waals surface area (Å²) in [5.41, 5.74) is -0.727. The van der Waals surface area contributed by atoms with Crippen molar-refractivity contribution in [2.45, 2.75) is 6.61 Å². The van der Waals surface area contributed by atoms with Gasteiger partial charge in [-0.25, -0.2) is 4.79 Å². The Kier molecular flexibility index (Phi) is 3.86. The molecule has 0 unspecified atom stereocenters. The second-order valence-corrected chi connectivity index (χ2v) is 4.61. The molecule has 0 bridgehead atoms. The second-order valence-electron chi connectivity index (χ2n) is 3.58. The molecular weight excluding hydrogens is 273 g/mol. The van der Waals surface area contributed by atoms with Gasteiger partial charge < -0.3 is 4.74 Å². The van der Waals surface area contributed by atoms with E-state index in [1.807, 2.05) is 11.4 Å². The number of hydrogen-bond acceptors (Lipinski definition) is 5. The standard InChI is InChI=1S/C12H8FNO4S/c13-10-6-8(3-4-11(10)14(16)17)12(15)18-7-9-2-1-5-19-9/h1-6H,7H2. The fourth-order valence-electron chi connectivity index (χ4n) is 1.40. The summed E-state index contributed by atoms with van der Waals surface area (Å²) in [6.45, 7) is 0.0924. The first kappa shape index (κ1) is 13.2. The Morgan fingerprint density at radius 1 is 1.42 bits per heavy atom. The van der Waals surface area contributed by atoms with Crippen LogP contribution in [0.5, 0.6) is 0 Å². The number of nitrogens with zero attached hydrogens (tertiary/aromatic N) is 1. The third-order valence-corrected chi connectivity index (χ3v) is 3.16. The van der Waals surface area contributed by atoms with Crippen LogP contribution in [0, 0.1) is 15.9 Å². The van der Waals surface area contributed by atoms with Crippen molar-refractivity contribution in [3.63, 3.8) is 0 Å². The van der Waals surface area contributed by atoms with Crippen LogP contribution >= 0.6 is 11.3 Å². The van der Waals surface area contributed by atoms with Crippen molar-refractivity contribution in [1.82, 2.24) is 0 Å². The molecule has 2 aromatic rings. The van der Waals surface area contributed by atoms with Crippen LogP contribution in [0.15, 0.2) is 35.7 Å². The number of rotatable bonds is 4. The number of hydrogen-bond donors (Lipinski definition) is 0. The van der Waals surface area contributed by atoms with E-state index in [2.05, 4.69) is 0 Å². The summed E-state index contributed by atoms with van der Waals surface area (Å²) < 4.78 is 18.3. The van der Waals surface area contributed by atoms with E-state index in [9.17, 15) is 19.3 Å². The minimum Gasteiger partial charge on any atom is -0.456 e. The first-order chi connectivity index (χ1) is 9.08. The predicted octanol–water partition coefficient (Wildman–Crippen LogP) is 3.15. The molecule has 0 amide bonds. The van der Waals surface area contributed by atoms with E-state index < -0.39 is 22.4 Å². The largest absolute Gasteiger partial charge is 0.456 e. The van der Waals surface area contributed by atoms with Crippen LogP contribution < -0.4 is 0 Å². The highest BCUT2D eigenvalue weighted by atomic mass is 32.1. The topological polar surface area (TPSA) is 69.4 Å². The molecular formula is C12H8FNO4S. The van der Waals surface area contributed by atoms with E-state index in [-0.39, 0.29) is 12.2 Å². The molecule has 0 aliphatic heterocycles. The van der Waals surface area contributed by atoms with Crippen LogP contribution in [0.25, 0.3) is 0 Å². The summed E-state index contributed by atoms with van der Waals surface area (Å²) in [5.74, 6) is -1.78. The molecule has 98 valence electrons. The normalized spacial score (nSPS) is 10.2. The fraction of sp³-hybridized carbons (Fsp3) is 0.0833. The number of nitro groups is 1. The minimum absolute atomic E-state index is 0.0559. The Morgan fingerprint density at radius 2 is 2.21 bits per heavy atom. The highest BCUT2D eigenvalue weighted by molar-refractivity contribution is 7.09. The summed E-state index contributed by atoms with van der Waals surface area (Å²) in [4.78, 5) is 22.1. The maximum absolute atomic E-state index is 13.3. The van der Waals surface area contributed by atoms with Gasteiger partial charge in [-0.15, -0.1) is 11.3 Å². The average molecular weight is 281 g/mol. The molecule has 0 saturated heterocycles. The summed E-state index contributed by atoms with van der Waals surface area (Å²) in [6.07, 6.45) is 0. The Labute approximate surface area is 111 Å². The number of halogens is 1. The summed E-state index contributed by atoms with van der Waals surface area (Å²) in [6, 6.07) is 6.53. The number of carbonyl (C=O) groups excluding carboxylic acids is 1. The zero-order valence-electron chi connectivity index (χ0n) is 9.54. The molecule has 1 heterocycles. The van der Waals surface area contributed by atoms with E-state index in [4.69, 9.17) is 4.74 Å². The highest BCUT2D eigenvalue weighted by Crippen LogP contribution is 2.19. The maximum atomic E-state index is 13.3. The minimum atomic E-state index is -1.06. The van der Waals surface area contributed by atoms with E-state index in [0.717, 1.165) is 23.1 Å². The van der Waals surface area contributed by atoms with Gasteiger partial charge in [-0.3, -0.25) is 10.1 Å². The molecule has 0 aliphatic rings.